The summed E-state index contributed by atoms with van der Waals surface area (Å²) in [5.74, 6) is 1.46. The molecule has 0 aromatic heterocycles. The molecule has 2 N–H and O–H groups in total. The number of thiocarbonyl (C=S) groups is 1. The minimum absolute atomic E-state index is 0.443. The quantitative estimate of drug-likeness (QED) is 0.459. The van der Waals surface area contributed by atoms with Crippen molar-refractivity contribution in [3.05, 3.63) is 29.3 Å². The number of benzene rings is 1. The molecule has 6 heteroatoms. The SMILES string of the molecule is COCc1cc(/C(C)=N\NC(=S)N[C@@H]2CCCC[C@H]2C)ccc1OC. The van der Waals surface area contributed by atoms with Gasteiger partial charge >= 0.3 is 0 Å². The van der Waals surface area contributed by atoms with E-state index in [-0.39, 0.29) is 0 Å². The lowest BCUT2D eigenvalue weighted by Gasteiger charge is -2.30. The Labute approximate surface area is 156 Å². The van der Waals surface area contributed by atoms with Crippen molar-refractivity contribution in [2.24, 2.45) is 11.0 Å². The zero-order valence-corrected chi connectivity index (χ0v) is 16.4. The standard InChI is InChI=1S/C19H29N3O2S/c1-13-7-5-6-8-17(13)20-19(25)22-21-14(2)15-9-10-18(24-4)16(11-15)12-23-3/h9-11,13,17H,5-8,12H2,1-4H3,(H2,20,22,25)/b21-14-/t13-,17-/m1/s1. The largest absolute Gasteiger partial charge is 0.496 e. The third-order valence-electron chi connectivity index (χ3n) is 4.75. The smallest absolute Gasteiger partial charge is 0.187 e. The number of hydrogen-bond acceptors (Lipinski definition) is 4. The summed E-state index contributed by atoms with van der Waals surface area (Å²) in [4.78, 5) is 0. The second kappa shape index (κ2) is 9.73. The topological polar surface area (TPSA) is 54.9 Å². The number of nitrogens with one attached hydrogen (secondary N) is 2. The van der Waals surface area contributed by atoms with Crippen molar-refractivity contribution in [3.63, 3.8) is 0 Å². The van der Waals surface area contributed by atoms with Crippen molar-refractivity contribution in [1.29, 1.82) is 0 Å². The highest BCUT2D eigenvalue weighted by molar-refractivity contribution is 7.80. The van der Waals surface area contributed by atoms with Crippen molar-refractivity contribution in [2.45, 2.75) is 52.2 Å². The van der Waals surface area contributed by atoms with Crippen LogP contribution < -0.4 is 15.5 Å². The Bertz CT molecular complexity index is 619. The summed E-state index contributed by atoms with van der Waals surface area (Å²) in [6, 6.07) is 6.39. The molecule has 1 fully saturated rings. The molecule has 0 unspecified atom stereocenters. The van der Waals surface area contributed by atoms with Crippen LogP contribution in [0, 0.1) is 5.92 Å². The average Bonchev–Trinajstić information content (AvgIpc) is 2.62. The monoisotopic (exact) mass is 363 g/mol. The summed E-state index contributed by atoms with van der Waals surface area (Å²) < 4.78 is 10.6. The van der Waals surface area contributed by atoms with E-state index in [1.807, 2.05) is 25.1 Å². The van der Waals surface area contributed by atoms with Crippen LogP contribution in [0.4, 0.5) is 0 Å². The summed E-state index contributed by atoms with van der Waals surface area (Å²) in [7, 11) is 3.33. The molecule has 0 spiro atoms. The maximum atomic E-state index is 5.39. The van der Waals surface area contributed by atoms with E-state index in [1.54, 1.807) is 14.2 Å². The first-order chi connectivity index (χ1) is 12.0. The van der Waals surface area contributed by atoms with Crippen LogP contribution in [0.25, 0.3) is 0 Å². The van der Waals surface area contributed by atoms with E-state index in [0.29, 0.717) is 23.7 Å². The summed E-state index contributed by atoms with van der Waals surface area (Å²) in [6.45, 7) is 4.73. The lowest BCUT2D eigenvalue weighted by atomic mass is 9.86. The van der Waals surface area contributed by atoms with Crippen LogP contribution >= 0.6 is 12.2 Å². The summed E-state index contributed by atoms with van der Waals surface area (Å²) >= 11 is 5.39. The van der Waals surface area contributed by atoms with E-state index in [0.717, 1.165) is 22.6 Å². The van der Waals surface area contributed by atoms with Gasteiger partial charge in [-0.15, -0.1) is 0 Å². The zero-order chi connectivity index (χ0) is 18.2. The highest BCUT2D eigenvalue weighted by Crippen LogP contribution is 2.23. The van der Waals surface area contributed by atoms with Crippen LogP contribution in [-0.4, -0.2) is 31.1 Å². The predicted molar refractivity (Wildman–Crippen MR) is 106 cm³/mol. The minimum atomic E-state index is 0.443. The number of hydrogen-bond donors (Lipinski definition) is 2. The van der Waals surface area contributed by atoms with Gasteiger partial charge in [0.2, 0.25) is 0 Å². The van der Waals surface area contributed by atoms with Gasteiger partial charge in [-0.2, -0.15) is 5.10 Å². The fourth-order valence-electron chi connectivity index (χ4n) is 3.20. The Morgan fingerprint density at radius 2 is 2.04 bits per heavy atom. The van der Waals surface area contributed by atoms with E-state index >= 15 is 0 Å². The molecule has 1 aliphatic carbocycles. The minimum Gasteiger partial charge on any atom is -0.496 e. The summed E-state index contributed by atoms with van der Waals surface area (Å²) in [5.41, 5.74) is 5.84. The van der Waals surface area contributed by atoms with Crippen LogP contribution in [0.2, 0.25) is 0 Å². The second-order valence-corrected chi connectivity index (χ2v) is 7.02. The van der Waals surface area contributed by atoms with Gasteiger partial charge in [0.05, 0.1) is 19.4 Å². The van der Waals surface area contributed by atoms with E-state index in [2.05, 4.69) is 22.8 Å². The molecule has 0 radical (unpaired) electrons. The normalized spacial score (nSPS) is 20.9. The Hall–Kier alpha value is -1.66. The number of hydrazone groups is 1. The molecule has 1 aromatic rings. The molecule has 138 valence electrons. The van der Waals surface area contributed by atoms with E-state index in [4.69, 9.17) is 21.7 Å². The first kappa shape index (κ1) is 19.7. The molecule has 2 atom stereocenters. The Morgan fingerprint density at radius 3 is 2.72 bits per heavy atom. The number of nitrogens with zero attached hydrogens (tertiary/aromatic N) is 1. The number of rotatable bonds is 6. The highest BCUT2D eigenvalue weighted by Gasteiger charge is 2.21. The van der Waals surface area contributed by atoms with Gasteiger partial charge < -0.3 is 14.8 Å². The fourth-order valence-corrected chi connectivity index (χ4v) is 3.40. The van der Waals surface area contributed by atoms with Crippen LogP contribution in [0.1, 0.15) is 50.7 Å². The van der Waals surface area contributed by atoms with Gasteiger partial charge in [-0.25, -0.2) is 0 Å². The van der Waals surface area contributed by atoms with Gasteiger partial charge in [0.15, 0.2) is 5.11 Å². The van der Waals surface area contributed by atoms with E-state index in [9.17, 15) is 0 Å². The van der Waals surface area contributed by atoms with Crippen molar-refractivity contribution in [2.75, 3.05) is 14.2 Å². The van der Waals surface area contributed by atoms with Crippen molar-refractivity contribution in [1.82, 2.24) is 10.7 Å². The van der Waals surface area contributed by atoms with E-state index in [1.165, 1.54) is 25.7 Å². The maximum absolute atomic E-state index is 5.39. The molecular formula is C19H29N3O2S. The van der Waals surface area contributed by atoms with E-state index < -0.39 is 0 Å². The number of ether oxygens (including phenoxy) is 2. The third kappa shape index (κ3) is 5.68. The molecule has 5 nitrogen and oxygen atoms in total. The summed E-state index contributed by atoms with van der Waals surface area (Å²) in [6.07, 6.45) is 5.01. The van der Waals surface area contributed by atoms with Gasteiger partial charge in [0.1, 0.15) is 5.75 Å². The Kier molecular flexibility index (Phi) is 7.65. The van der Waals surface area contributed by atoms with Gasteiger partial charge in [-0.05, 0) is 61.7 Å². The maximum Gasteiger partial charge on any atom is 0.187 e. The molecule has 25 heavy (non-hydrogen) atoms. The van der Waals surface area contributed by atoms with Gasteiger partial charge in [0.25, 0.3) is 0 Å². The van der Waals surface area contributed by atoms with Crippen molar-refractivity contribution < 1.29 is 9.47 Å². The first-order valence-corrected chi connectivity index (χ1v) is 9.23. The lowest BCUT2D eigenvalue weighted by molar-refractivity contribution is 0.181. The Morgan fingerprint density at radius 1 is 1.28 bits per heavy atom. The van der Waals surface area contributed by atoms with Crippen LogP contribution in [0.3, 0.4) is 0 Å². The van der Waals surface area contributed by atoms with Crippen molar-refractivity contribution in [3.8, 4) is 5.75 Å². The first-order valence-electron chi connectivity index (χ1n) is 8.82. The zero-order valence-electron chi connectivity index (χ0n) is 15.6. The Balaban J connectivity index is 1.98. The van der Waals surface area contributed by atoms with Gasteiger partial charge in [0, 0.05) is 18.7 Å². The molecule has 2 rings (SSSR count). The molecule has 0 saturated heterocycles. The molecule has 1 saturated carbocycles. The van der Waals surface area contributed by atoms with Crippen molar-refractivity contribution >= 4 is 23.0 Å². The molecule has 1 aliphatic rings. The average molecular weight is 364 g/mol. The molecule has 0 heterocycles. The molecule has 1 aromatic carbocycles. The predicted octanol–water partition coefficient (Wildman–Crippen LogP) is 3.61. The third-order valence-corrected chi connectivity index (χ3v) is 4.96. The molecule has 0 aliphatic heterocycles. The van der Waals surface area contributed by atoms with Crippen LogP contribution in [0.5, 0.6) is 5.75 Å². The van der Waals surface area contributed by atoms with Gasteiger partial charge in [-0.1, -0.05) is 19.8 Å². The van der Waals surface area contributed by atoms with Gasteiger partial charge in [-0.3, -0.25) is 5.43 Å². The fraction of sp³-hybridized carbons (Fsp3) is 0.579. The lowest BCUT2D eigenvalue weighted by Crippen LogP contribution is -2.44. The molecule has 0 amide bonds. The molecular weight excluding hydrogens is 334 g/mol. The highest BCUT2D eigenvalue weighted by atomic mass is 32.1. The second-order valence-electron chi connectivity index (χ2n) is 6.61. The summed E-state index contributed by atoms with van der Waals surface area (Å²) in [5, 5.41) is 8.41. The van der Waals surface area contributed by atoms with Crippen LogP contribution in [0.15, 0.2) is 23.3 Å². The number of methoxy groups -OCH3 is 2. The molecule has 0 bridgehead atoms. The van der Waals surface area contributed by atoms with Crippen LogP contribution in [-0.2, 0) is 11.3 Å².